The van der Waals surface area contributed by atoms with E-state index in [9.17, 15) is 14.4 Å². The molecular weight excluding hydrogens is 342 g/mol. The Morgan fingerprint density at radius 2 is 1.74 bits per heavy atom. The number of benzene rings is 1. The number of aryl methyl sites for hydroxylation is 2. The van der Waals surface area contributed by atoms with Crippen molar-refractivity contribution in [1.29, 1.82) is 0 Å². The molecule has 1 aromatic rings. The minimum absolute atomic E-state index is 0.0206. The summed E-state index contributed by atoms with van der Waals surface area (Å²) in [6, 6.07) is 5.87. The largest absolute Gasteiger partial charge is 0.453 e. The van der Waals surface area contributed by atoms with Gasteiger partial charge < -0.3 is 10.1 Å². The van der Waals surface area contributed by atoms with Crippen LogP contribution in [0.25, 0.3) is 0 Å². The SMILES string of the molecule is Cc1ccc(C)c(C(=O)CCC(=O)O[C@H](C)C(=O)NC2CCCCCC2)c1. The van der Waals surface area contributed by atoms with E-state index in [1.807, 2.05) is 32.0 Å². The molecule has 27 heavy (non-hydrogen) atoms. The average molecular weight is 373 g/mol. The highest BCUT2D eigenvalue weighted by Gasteiger charge is 2.22. The number of carbonyl (C=O) groups excluding carboxylic acids is 3. The molecule has 148 valence electrons. The lowest BCUT2D eigenvalue weighted by Crippen LogP contribution is -2.41. The van der Waals surface area contributed by atoms with Crippen LogP contribution in [0, 0.1) is 13.8 Å². The Kier molecular flexibility index (Phi) is 8.01. The number of esters is 1. The van der Waals surface area contributed by atoms with Crippen LogP contribution in [-0.2, 0) is 14.3 Å². The van der Waals surface area contributed by atoms with E-state index in [-0.39, 0.29) is 30.6 Å². The van der Waals surface area contributed by atoms with Crippen molar-refractivity contribution in [3.63, 3.8) is 0 Å². The van der Waals surface area contributed by atoms with Crippen LogP contribution in [0.5, 0.6) is 0 Å². The van der Waals surface area contributed by atoms with Gasteiger partial charge in [0.25, 0.3) is 5.91 Å². The summed E-state index contributed by atoms with van der Waals surface area (Å²) in [5.41, 5.74) is 2.55. The molecule has 0 unspecified atom stereocenters. The highest BCUT2D eigenvalue weighted by Crippen LogP contribution is 2.18. The normalized spacial score (nSPS) is 16.3. The van der Waals surface area contributed by atoms with Gasteiger partial charge >= 0.3 is 5.97 Å². The molecule has 5 heteroatoms. The molecule has 1 aliphatic rings. The molecule has 5 nitrogen and oxygen atoms in total. The zero-order valence-electron chi connectivity index (χ0n) is 16.7. The molecule has 1 amide bonds. The smallest absolute Gasteiger partial charge is 0.307 e. The van der Waals surface area contributed by atoms with Gasteiger partial charge in [0.2, 0.25) is 0 Å². The third-order valence-corrected chi connectivity index (χ3v) is 5.13. The van der Waals surface area contributed by atoms with Crippen LogP contribution in [0.4, 0.5) is 0 Å². The predicted molar refractivity (Wildman–Crippen MR) is 105 cm³/mol. The van der Waals surface area contributed by atoms with Crippen molar-refractivity contribution >= 4 is 17.7 Å². The summed E-state index contributed by atoms with van der Waals surface area (Å²) in [5, 5.41) is 2.99. The third kappa shape index (κ3) is 6.81. The van der Waals surface area contributed by atoms with Crippen molar-refractivity contribution in [1.82, 2.24) is 5.32 Å². The maximum absolute atomic E-state index is 12.4. The first-order valence-electron chi connectivity index (χ1n) is 9.97. The number of Topliss-reactive ketones (excluding diaryl/α,β-unsaturated/α-hetero) is 1. The molecule has 0 aliphatic heterocycles. The van der Waals surface area contributed by atoms with Crippen LogP contribution in [-0.4, -0.2) is 29.8 Å². The first-order chi connectivity index (χ1) is 12.9. The Balaban J connectivity index is 1.77. The predicted octanol–water partition coefficient (Wildman–Crippen LogP) is 4.04. The molecule has 0 spiro atoms. The molecule has 0 heterocycles. The van der Waals surface area contributed by atoms with E-state index in [1.54, 1.807) is 6.92 Å². The number of nitrogens with one attached hydrogen (secondary N) is 1. The minimum Gasteiger partial charge on any atom is -0.453 e. The van der Waals surface area contributed by atoms with Crippen molar-refractivity contribution in [2.75, 3.05) is 0 Å². The first-order valence-corrected chi connectivity index (χ1v) is 9.97. The summed E-state index contributed by atoms with van der Waals surface area (Å²) < 4.78 is 5.22. The van der Waals surface area contributed by atoms with Gasteiger partial charge in [-0.3, -0.25) is 14.4 Å². The number of rotatable bonds is 7. The number of carbonyl (C=O) groups is 3. The van der Waals surface area contributed by atoms with Crippen LogP contribution in [0.1, 0.15) is 79.8 Å². The second kappa shape index (κ2) is 10.2. The summed E-state index contributed by atoms with van der Waals surface area (Å²) in [6.07, 6.45) is 5.87. The van der Waals surface area contributed by atoms with Gasteiger partial charge in [0.1, 0.15) is 0 Å². The fraction of sp³-hybridized carbons (Fsp3) is 0.591. The Hall–Kier alpha value is -2.17. The molecule has 1 aliphatic carbocycles. The summed E-state index contributed by atoms with van der Waals surface area (Å²) >= 11 is 0. The fourth-order valence-corrected chi connectivity index (χ4v) is 3.44. The van der Waals surface area contributed by atoms with E-state index in [1.165, 1.54) is 12.8 Å². The number of ether oxygens (including phenoxy) is 1. The molecule has 1 atom stereocenters. The summed E-state index contributed by atoms with van der Waals surface area (Å²) in [6.45, 7) is 5.39. The van der Waals surface area contributed by atoms with Gasteiger partial charge in [-0.1, -0.05) is 43.4 Å². The monoisotopic (exact) mass is 373 g/mol. The maximum atomic E-state index is 12.4. The Morgan fingerprint density at radius 3 is 2.41 bits per heavy atom. The van der Waals surface area contributed by atoms with Crippen molar-refractivity contribution in [2.24, 2.45) is 0 Å². The number of ketones is 1. The molecule has 0 bridgehead atoms. The van der Waals surface area contributed by atoms with Gasteiger partial charge in [0, 0.05) is 18.0 Å². The van der Waals surface area contributed by atoms with Crippen LogP contribution >= 0.6 is 0 Å². The molecule has 1 saturated carbocycles. The lowest BCUT2D eigenvalue weighted by atomic mass is 9.99. The van der Waals surface area contributed by atoms with Crippen LogP contribution in [0.2, 0.25) is 0 Å². The van der Waals surface area contributed by atoms with E-state index in [0.717, 1.165) is 36.8 Å². The third-order valence-electron chi connectivity index (χ3n) is 5.13. The minimum atomic E-state index is -0.837. The van der Waals surface area contributed by atoms with Crippen LogP contribution < -0.4 is 5.32 Å². The summed E-state index contributed by atoms with van der Waals surface area (Å²) in [4.78, 5) is 36.6. The van der Waals surface area contributed by atoms with Gasteiger partial charge in [-0.25, -0.2) is 0 Å². The Bertz CT molecular complexity index is 675. The molecular formula is C22H31NO4. The lowest BCUT2D eigenvalue weighted by molar-refractivity contribution is -0.155. The topological polar surface area (TPSA) is 72.5 Å². The molecule has 0 saturated heterocycles. The van der Waals surface area contributed by atoms with E-state index in [2.05, 4.69) is 5.32 Å². The molecule has 0 aromatic heterocycles. The number of amides is 1. The zero-order chi connectivity index (χ0) is 19.8. The van der Waals surface area contributed by atoms with E-state index in [4.69, 9.17) is 4.74 Å². The van der Waals surface area contributed by atoms with Crippen molar-refractivity contribution in [2.45, 2.75) is 84.3 Å². The zero-order valence-corrected chi connectivity index (χ0v) is 16.7. The Morgan fingerprint density at radius 1 is 1.07 bits per heavy atom. The van der Waals surface area contributed by atoms with E-state index in [0.29, 0.717) is 5.56 Å². The van der Waals surface area contributed by atoms with Gasteiger partial charge in [0.15, 0.2) is 11.9 Å². The quantitative estimate of drug-likeness (QED) is 0.445. The number of hydrogen-bond donors (Lipinski definition) is 1. The number of hydrogen-bond acceptors (Lipinski definition) is 4. The first kappa shape index (κ1) is 21.1. The van der Waals surface area contributed by atoms with Crippen LogP contribution in [0.3, 0.4) is 0 Å². The highest BCUT2D eigenvalue weighted by molar-refractivity contribution is 5.99. The van der Waals surface area contributed by atoms with Gasteiger partial charge in [-0.15, -0.1) is 0 Å². The summed E-state index contributed by atoms with van der Waals surface area (Å²) in [5.74, 6) is -0.850. The van der Waals surface area contributed by atoms with E-state index >= 15 is 0 Å². The lowest BCUT2D eigenvalue weighted by Gasteiger charge is -2.19. The second-order valence-corrected chi connectivity index (χ2v) is 7.57. The van der Waals surface area contributed by atoms with Crippen LogP contribution in [0.15, 0.2) is 18.2 Å². The molecule has 1 aromatic carbocycles. The highest BCUT2D eigenvalue weighted by atomic mass is 16.5. The summed E-state index contributed by atoms with van der Waals surface area (Å²) in [7, 11) is 0. The molecule has 1 N–H and O–H groups in total. The maximum Gasteiger partial charge on any atom is 0.307 e. The van der Waals surface area contributed by atoms with Gasteiger partial charge in [0.05, 0.1) is 6.42 Å². The molecule has 0 radical (unpaired) electrons. The average Bonchev–Trinajstić information content (AvgIpc) is 2.90. The van der Waals surface area contributed by atoms with Crippen molar-refractivity contribution in [3.05, 3.63) is 34.9 Å². The van der Waals surface area contributed by atoms with E-state index < -0.39 is 12.1 Å². The van der Waals surface area contributed by atoms with Gasteiger partial charge in [-0.2, -0.15) is 0 Å². The van der Waals surface area contributed by atoms with Crippen molar-refractivity contribution in [3.8, 4) is 0 Å². The molecule has 2 rings (SSSR count). The fourth-order valence-electron chi connectivity index (χ4n) is 3.44. The molecule has 1 fully saturated rings. The second-order valence-electron chi connectivity index (χ2n) is 7.57. The standard InChI is InChI=1S/C22H31NO4/c1-15-10-11-16(2)19(14-15)20(24)12-13-21(25)27-17(3)22(26)23-18-8-6-4-5-7-9-18/h10-11,14,17-18H,4-9,12-13H2,1-3H3,(H,23,26)/t17-/m1/s1. The van der Waals surface area contributed by atoms with Gasteiger partial charge in [-0.05, 0) is 45.2 Å². The Labute approximate surface area is 161 Å². The van der Waals surface area contributed by atoms with Crippen molar-refractivity contribution < 1.29 is 19.1 Å².